The molecule has 4 aliphatic rings. The van der Waals surface area contributed by atoms with E-state index in [1.54, 1.807) is 0 Å². The molecule has 2 aromatic heterocycles. The van der Waals surface area contributed by atoms with Crippen molar-refractivity contribution in [2.75, 3.05) is 4.90 Å². The minimum atomic E-state index is -0.305. The second-order valence-electron chi connectivity index (χ2n) is 19.9. The molecule has 0 fully saturated rings. The summed E-state index contributed by atoms with van der Waals surface area (Å²) in [6.45, 7) is 4.65. The molecule has 0 unspecified atom stereocenters. The lowest BCUT2D eigenvalue weighted by atomic mass is 9.29. The average molecular weight is 894 g/mol. The zero-order valence-electron chi connectivity index (χ0n) is 38.5. The van der Waals surface area contributed by atoms with Crippen LogP contribution in [0.4, 0.5) is 17.1 Å². The van der Waals surface area contributed by atoms with Gasteiger partial charge in [0.05, 0.1) is 33.4 Å². The third kappa shape index (κ3) is 4.93. The van der Waals surface area contributed by atoms with E-state index in [-0.39, 0.29) is 18.8 Å². The number of hydrogen-bond acceptors (Lipinski definition) is 3. The van der Waals surface area contributed by atoms with Crippen molar-refractivity contribution in [1.29, 1.82) is 0 Å². The maximum Gasteiger partial charge on any atom is 0.260 e. The van der Waals surface area contributed by atoms with Crippen LogP contribution in [0.2, 0.25) is 0 Å². The molecule has 0 spiro atoms. The van der Waals surface area contributed by atoms with Crippen molar-refractivity contribution < 1.29 is 9.47 Å². The number of hydrogen-bond donors (Lipinski definition) is 0. The quantitative estimate of drug-likeness (QED) is 0.166. The minimum absolute atomic E-state index is 0.0480. The average Bonchev–Trinajstić information content (AvgIpc) is 3.93. The Labute approximate surface area is 405 Å². The molecule has 0 amide bonds. The molecule has 0 bridgehead atoms. The van der Waals surface area contributed by atoms with Crippen molar-refractivity contribution in [2.45, 2.75) is 19.3 Å². The van der Waals surface area contributed by atoms with E-state index in [4.69, 9.17) is 9.47 Å². The molecule has 70 heavy (non-hydrogen) atoms. The lowest BCUT2D eigenvalue weighted by Gasteiger charge is -2.46. The van der Waals surface area contributed by atoms with Gasteiger partial charge in [0.2, 0.25) is 6.71 Å². The van der Waals surface area contributed by atoms with Crippen LogP contribution in [0.15, 0.2) is 212 Å². The van der Waals surface area contributed by atoms with E-state index in [1.807, 2.05) is 0 Å². The summed E-state index contributed by atoms with van der Waals surface area (Å²) in [5.41, 5.74) is 19.7. The molecular formula is C63H41B2N3O2. The zero-order valence-corrected chi connectivity index (χ0v) is 38.5. The van der Waals surface area contributed by atoms with Crippen molar-refractivity contribution in [2.24, 2.45) is 0 Å². The predicted octanol–water partition coefficient (Wildman–Crippen LogP) is 11.5. The van der Waals surface area contributed by atoms with Crippen molar-refractivity contribution in [3.05, 3.63) is 223 Å². The molecule has 10 aromatic carbocycles. The topological polar surface area (TPSA) is 31.6 Å². The van der Waals surface area contributed by atoms with Gasteiger partial charge in [-0.15, -0.1) is 0 Å². The van der Waals surface area contributed by atoms with Crippen LogP contribution in [0.25, 0.3) is 55.0 Å². The predicted molar refractivity (Wildman–Crippen MR) is 291 cm³/mol. The summed E-state index contributed by atoms with van der Waals surface area (Å²) >= 11 is 0. The molecule has 6 heterocycles. The smallest absolute Gasteiger partial charge is 0.260 e. The van der Waals surface area contributed by atoms with Crippen molar-refractivity contribution in [1.82, 2.24) is 9.13 Å². The Hall–Kier alpha value is -8.67. The van der Waals surface area contributed by atoms with Crippen LogP contribution in [0, 0.1) is 0 Å². The first-order valence-corrected chi connectivity index (χ1v) is 24.4. The van der Waals surface area contributed by atoms with Gasteiger partial charge in [-0.05, 0) is 87.6 Å². The van der Waals surface area contributed by atoms with E-state index in [0.717, 1.165) is 78.9 Å². The summed E-state index contributed by atoms with van der Waals surface area (Å²) in [4.78, 5) is 2.53. The molecule has 0 radical (unpaired) electrons. The van der Waals surface area contributed by atoms with E-state index in [1.165, 1.54) is 60.1 Å². The summed E-state index contributed by atoms with van der Waals surface area (Å²) in [6, 6.07) is 77.9. The monoisotopic (exact) mass is 893 g/mol. The van der Waals surface area contributed by atoms with Gasteiger partial charge in [0.25, 0.3) is 6.71 Å². The first-order chi connectivity index (χ1) is 34.5. The van der Waals surface area contributed by atoms with Crippen LogP contribution in [0.1, 0.15) is 25.0 Å². The van der Waals surface area contributed by atoms with Crippen LogP contribution >= 0.6 is 0 Å². The number of rotatable bonds is 3. The maximum atomic E-state index is 7.71. The summed E-state index contributed by atoms with van der Waals surface area (Å²) in [6.07, 6.45) is 0. The fourth-order valence-corrected chi connectivity index (χ4v) is 13.2. The van der Waals surface area contributed by atoms with Crippen molar-refractivity contribution in [3.63, 3.8) is 0 Å². The zero-order chi connectivity index (χ0) is 46.0. The molecule has 12 aromatic rings. The lowest BCUT2D eigenvalue weighted by molar-refractivity contribution is 0.465. The SMILES string of the molecule is CC1(C)c2ccccc2B2c3ccc4c(c3N(c3ccccc3)c3cc(-n5c6ccccc6c6ccccc65)cc1c32)Oc1cc(-n2c3ccccc3c3ccccc32)cc2c1B4c1ccccc1O2. The standard InChI is InChI=1S/C63H41B2N3O2/c1-63(2)45-24-10-11-25-47(45)64-49-32-33-50-62(61(49)68(38-18-4-3-5-19-38)55-35-39(34-46(63)59(55)64)66-51-27-13-6-20-41(51)42-21-7-14-28-52(42)66)70-58-37-40(36-57-60(58)65(50)48-26-12-17-31-56(48)69-57)67-53-29-15-8-22-43(53)44-23-9-16-30-54(44)67/h3-37H,1-2H3. The Balaban J connectivity index is 1.01. The normalized spacial score (nSPS) is 14.4. The number of fused-ring (bicyclic) bond motifs is 15. The summed E-state index contributed by atoms with van der Waals surface area (Å²) < 4.78 is 19.5. The highest BCUT2D eigenvalue weighted by molar-refractivity contribution is 7.00. The molecule has 16 rings (SSSR count). The molecule has 0 atom stereocenters. The van der Waals surface area contributed by atoms with Crippen LogP contribution < -0.4 is 47.2 Å². The number of ether oxygens (including phenoxy) is 2. The molecule has 0 saturated heterocycles. The second-order valence-corrected chi connectivity index (χ2v) is 19.9. The lowest BCUT2D eigenvalue weighted by Crippen LogP contribution is -2.65. The minimum Gasteiger partial charge on any atom is -0.458 e. The molecule has 0 aliphatic carbocycles. The number of para-hydroxylation sites is 6. The Morgan fingerprint density at radius 2 is 0.871 bits per heavy atom. The number of aromatic nitrogens is 2. The van der Waals surface area contributed by atoms with Crippen molar-refractivity contribution >= 4 is 107 Å². The van der Waals surface area contributed by atoms with Gasteiger partial charge in [-0.3, -0.25) is 0 Å². The third-order valence-corrected chi connectivity index (χ3v) is 16.1. The van der Waals surface area contributed by atoms with Gasteiger partial charge in [-0.2, -0.15) is 0 Å². The molecule has 7 heteroatoms. The van der Waals surface area contributed by atoms with Crippen LogP contribution in [-0.2, 0) is 5.41 Å². The Bertz CT molecular complexity index is 4160. The Kier molecular flexibility index (Phi) is 7.52. The van der Waals surface area contributed by atoms with Crippen LogP contribution in [0.5, 0.6) is 23.0 Å². The van der Waals surface area contributed by atoms with E-state index >= 15 is 0 Å². The van der Waals surface area contributed by atoms with Gasteiger partial charge < -0.3 is 23.5 Å². The fraction of sp³-hybridized carbons (Fsp3) is 0.0476. The first kappa shape index (κ1) is 38.3. The van der Waals surface area contributed by atoms with Gasteiger partial charge in [0.15, 0.2) is 0 Å². The summed E-state index contributed by atoms with van der Waals surface area (Å²) in [5.74, 6) is 3.36. The molecule has 4 aliphatic heterocycles. The highest BCUT2D eigenvalue weighted by Gasteiger charge is 2.50. The molecule has 326 valence electrons. The molecule has 0 N–H and O–H groups in total. The largest absolute Gasteiger partial charge is 0.458 e. The second kappa shape index (κ2) is 13.7. The van der Waals surface area contributed by atoms with Gasteiger partial charge in [0, 0.05) is 61.6 Å². The Morgan fingerprint density at radius 1 is 0.371 bits per heavy atom. The van der Waals surface area contributed by atoms with E-state index in [2.05, 4.69) is 240 Å². The van der Waals surface area contributed by atoms with Gasteiger partial charge in [-0.1, -0.05) is 165 Å². The molecule has 5 nitrogen and oxygen atoms in total. The first-order valence-electron chi connectivity index (χ1n) is 24.4. The summed E-state index contributed by atoms with van der Waals surface area (Å²) in [5, 5.41) is 4.91. The van der Waals surface area contributed by atoms with Gasteiger partial charge >= 0.3 is 0 Å². The van der Waals surface area contributed by atoms with Gasteiger partial charge in [-0.25, -0.2) is 0 Å². The van der Waals surface area contributed by atoms with Gasteiger partial charge in [0.1, 0.15) is 23.0 Å². The van der Waals surface area contributed by atoms with Crippen molar-refractivity contribution in [3.8, 4) is 34.4 Å². The number of benzene rings is 10. The molecule has 0 saturated carbocycles. The van der Waals surface area contributed by atoms with Crippen LogP contribution in [0.3, 0.4) is 0 Å². The highest BCUT2D eigenvalue weighted by atomic mass is 16.5. The van der Waals surface area contributed by atoms with E-state index in [9.17, 15) is 0 Å². The summed E-state index contributed by atoms with van der Waals surface area (Å²) in [7, 11) is 0. The maximum absolute atomic E-state index is 7.71. The third-order valence-electron chi connectivity index (χ3n) is 16.1. The fourth-order valence-electron chi connectivity index (χ4n) is 13.2. The molecular weight excluding hydrogens is 852 g/mol. The van der Waals surface area contributed by atoms with Crippen LogP contribution in [-0.4, -0.2) is 22.6 Å². The Morgan fingerprint density at radius 3 is 1.51 bits per heavy atom. The van der Waals surface area contributed by atoms with E-state index in [0.29, 0.717) is 0 Å². The number of nitrogens with zero attached hydrogens (tertiary/aromatic N) is 3. The van der Waals surface area contributed by atoms with E-state index < -0.39 is 0 Å². The number of anilines is 3. The highest BCUT2D eigenvalue weighted by Crippen LogP contribution is 2.49.